The van der Waals surface area contributed by atoms with Gasteiger partial charge >= 0.3 is 0 Å². The largest absolute Gasteiger partial charge is 0.495 e. The Morgan fingerprint density at radius 1 is 1.37 bits per heavy atom. The third-order valence-electron chi connectivity index (χ3n) is 4.22. The van der Waals surface area contributed by atoms with Gasteiger partial charge in [0, 0.05) is 29.4 Å². The number of ether oxygens (including phenoxy) is 2. The minimum atomic E-state index is -0.513. The van der Waals surface area contributed by atoms with Crippen LogP contribution < -0.4 is 10.1 Å². The van der Waals surface area contributed by atoms with Gasteiger partial charge < -0.3 is 14.8 Å². The Morgan fingerprint density at radius 3 is 2.89 bits per heavy atom. The number of non-ortho nitro benzene ring substituents is 1. The molecule has 8 heteroatoms. The van der Waals surface area contributed by atoms with Crippen LogP contribution in [-0.2, 0) is 4.74 Å². The molecule has 1 unspecified atom stereocenters. The predicted octanol–water partition coefficient (Wildman–Crippen LogP) is 4.13. The number of nitrogens with zero attached hydrogens (tertiary/aromatic N) is 1. The predicted molar refractivity (Wildman–Crippen MR) is 104 cm³/mol. The summed E-state index contributed by atoms with van der Waals surface area (Å²) in [6.45, 7) is 0.792. The number of carbonyl (C=O) groups excluding carboxylic acids is 1. The van der Waals surface area contributed by atoms with Crippen molar-refractivity contribution in [3.63, 3.8) is 0 Å². The van der Waals surface area contributed by atoms with Crippen LogP contribution in [0.1, 0.15) is 23.2 Å². The van der Waals surface area contributed by atoms with Crippen molar-refractivity contribution in [2.24, 2.45) is 0 Å². The minimum absolute atomic E-state index is 0.118. The van der Waals surface area contributed by atoms with Crippen LogP contribution >= 0.6 is 11.8 Å². The molecule has 1 amide bonds. The van der Waals surface area contributed by atoms with Crippen LogP contribution in [0, 0.1) is 10.1 Å². The van der Waals surface area contributed by atoms with E-state index in [4.69, 9.17) is 9.47 Å². The zero-order valence-corrected chi connectivity index (χ0v) is 15.7. The molecule has 0 radical (unpaired) electrons. The Labute approximate surface area is 161 Å². The third-order valence-corrected chi connectivity index (χ3v) is 5.43. The second kappa shape index (κ2) is 8.88. The first-order chi connectivity index (χ1) is 13.1. The summed E-state index contributed by atoms with van der Waals surface area (Å²) < 4.78 is 10.8. The van der Waals surface area contributed by atoms with E-state index in [2.05, 4.69) is 5.32 Å². The molecule has 1 saturated heterocycles. The molecule has 0 aromatic heterocycles. The van der Waals surface area contributed by atoms with Gasteiger partial charge in [-0.2, -0.15) is 0 Å². The number of nitro benzene ring substituents is 1. The summed E-state index contributed by atoms with van der Waals surface area (Å²) >= 11 is 1.58. The number of hydrogen-bond acceptors (Lipinski definition) is 6. The number of hydrogen-bond donors (Lipinski definition) is 1. The van der Waals surface area contributed by atoms with E-state index in [0.717, 1.165) is 30.1 Å². The molecule has 0 aliphatic carbocycles. The van der Waals surface area contributed by atoms with Gasteiger partial charge in [0.1, 0.15) is 5.75 Å². The zero-order valence-electron chi connectivity index (χ0n) is 14.8. The summed E-state index contributed by atoms with van der Waals surface area (Å²) in [5, 5.41) is 13.7. The fourth-order valence-electron chi connectivity index (χ4n) is 2.84. The van der Waals surface area contributed by atoms with Gasteiger partial charge in [-0.25, -0.2) is 0 Å². The van der Waals surface area contributed by atoms with Gasteiger partial charge in [0.05, 0.1) is 29.4 Å². The Kier molecular flexibility index (Phi) is 6.31. The van der Waals surface area contributed by atoms with E-state index >= 15 is 0 Å². The molecule has 1 fully saturated rings. The second-order valence-electron chi connectivity index (χ2n) is 6.04. The van der Waals surface area contributed by atoms with Crippen molar-refractivity contribution in [1.29, 1.82) is 0 Å². The first-order valence-electron chi connectivity index (χ1n) is 8.55. The van der Waals surface area contributed by atoms with Crippen molar-refractivity contribution >= 4 is 29.0 Å². The molecule has 3 rings (SSSR count). The summed E-state index contributed by atoms with van der Waals surface area (Å²) in [7, 11) is 1.45. The van der Waals surface area contributed by atoms with E-state index in [1.807, 2.05) is 12.1 Å². The highest BCUT2D eigenvalue weighted by atomic mass is 32.2. The molecule has 1 aliphatic heterocycles. The van der Waals surface area contributed by atoms with Crippen LogP contribution in [0.4, 0.5) is 11.4 Å². The maximum Gasteiger partial charge on any atom is 0.271 e. The number of nitro groups is 1. The van der Waals surface area contributed by atoms with E-state index in [0.29, 0.717) is 11.3 Å². The second-order valence-corrected chi connectivity index (χ2v) is 7.10. The average Bonchev–Trinajstić information content (AvgIpc) is 3.20. The lowest BCUT2D eigenvalue weighted by atomic mass is 10.2. The number of benzene rings is 2. The Balaban J connectivity index is 1.78. The molecule has 0 saturated carbocycles. The van der Waals surface area contributed by atoms with Crippen molar-refractivity contribution in [1.82, 2.24) is 0 Å². The molecule has 2 aromatic carbocycles. The van der Waals surface area contributed by atoms with Crippen molar-refractivity contribution in [3.8, 4) is 5.75 Å². The number of thioether (sulfide) groups is 1. The van der Waals surface area contributed by atoms with E-state index in [1.165, 1.54) is 25.3 Å². The maximum atomic E-state index is 12.8. The van der Waals surface area contributed by atoms with Crippen LogP contribution in [0.3, 0.4) is 0 Å². The van der Waals surface area contributed by atoms with Gasteiger partial charge in [-0.15, -0.1) is 11.8 Å². The van der Waals surface area contributed by atoms with Gasteiger partial charge in [0.25, 0.3) is 11.6 Å². The molecule has 2 aromatic rings. The lowest BCUT2D eigenvalue weighted by molar-refractivity contribution is -0.384. The number of methoxy groups -OCH3 is 1. The normalized spacial score (nSPS) is 16.1. The van der Waals surface area contributed by atoms with Crippen molar-refractivity contribution in [2.75, 3.05) is 24.8 Å². The number of carbonyl (C=O) groups is 1. The highest BCUT2D eigenvalue weighted by Gasteiger charge is 2.19. The summed E-state index contributed by atoms with van der Waals surface area (Å²) in [6, 6.07) is 11.4. The minimum Gasteiger partial charge on any atom is -0.495 e. The Morgan fingerprint density at radius 2 is 2.19 bits per heavy atom. The fourth-order valence-corrected chi connectivity index (χ4v) is 3.95. The summed E-state index contributed by atoms with van der Waals surface area (Å²) in [5.41, 5.74) is 0.650. The van der Waals surface area contributed by atoms with Crippen molar-refractivity contribution in [2.45, 2.75) is 23.8 Å². The number of anilines is 1. The van der Waals surface area contributed by atoms with Crippen LogP contribution in [-0.4, -0.2) is 36.4 Å². The van der Waals surface area contributed by atoms with Crippen LogP contribution in [0.15, 0.2) is 47.4 Å². The molecule has 7 nitrogen and oxygen atoms in total. The average molecular weight is 388 g/mol. The lowest BCUT2D eigenvalue weighted by Crippen LogP contribution is -2.15. The van der Waals surface area contributed by atoms with E-state index in [9.17, 15) is 14.9 Å². The highest BCUT2D eigenvalue weighted by Crippen LogP contribution is 2.31. The summed E-state index contributed by atoms with van der Waals surface area (Å²) in [5.74, 6) is 0.799. The summed E-state index contributed by atoms with van der Waals surface area (Å²) in [4.78, 5) is 24.1. The molecule has 1 N–H and O–H groups in total. The summed E-state index contributed by atoms with van der Waals surface area (Å²) in [6.07, 6.45) is 2.31. The van der Waals surface area contributed by atoms with Crippen LogP contribution in [0.5, 0.6) is 5.75 Å². The fraction of sp³-hybridized carbons (Fsp3) is 0.316. The highest BCUT2D eigenvalue weighted by molar-refractivity contribution is 7.99. The topological polar surface area (TPSA) is 90.7 Å². The number of rotatable bonds is 7. The number of amides is 1. The first-order valence-corrected chi connectivity index (χ1v) is 9.54. The SMILES string of the molecule is COc1ccc([N+](=O)[O-])cc1NC(=O)c1ccccc1SCC1CCCO1. The lowest BCUT2D eigenvalue weighted by Gasteiger charge is -2.13. The smallest absolute Gasteiger partial charge is 0.271 e. The first kappa shape index (κ1) is 19.2. The molecule has 0 bridgehead atoms. The molecular formula is C19H20N2O5S. The van der Waals surface area contributed by atoms with Gasteiger partial charge in [0.15, 0.2) is 0 Å². The third kappa shape index (κ3) is 4.78. The Hall–Kier alpha value is -2.58. The van der Waals surface area contributed by atoms with E-state index < -0.39 is 4.92 Å². The van der Waals surface area contributed by atoms with Gasteiger partial charge in [0.2, 0.25) is 0 Å². The zero-order chi connectivity index (χ0) is 19.2. The van der Waals surface area contributed by atoms with Crippen molar-refractivity contribution in [3.05, 3.63) is 58.1 Å². The molecule has 142 valence electrons. The number of nitrogens with one attached hydrogen (secondary N) is 1. The molecule has 0 spiro atoms. The van der Waals surface area contributed by atoms with E-state index in [1.54, 1.807) is 23.9 Å². The van der Waals surface area contributed by atoms with E-state index in [-0.39, 0.29) is 23.4 Å². The molecular weight excluding hydrogens is 368 g/mol. The Bertz CT molecular complexity index is 837. The van der Waals surface area contributed by atoms with Crippen LogP contribution in [0.2, 0.25) is 0 Å². The maximum absolute atomic E-state index is 12.8. The van der Waals surface area contributed by atoms with Gasteiger partial charge in [-0.05, 0) is 31.0 Å². The van der Waals surface area contributed by atoms with Gasteiger partial charge in [-0.1, -0.05) is 12.1 Å². The standard InChI is InChI=1S/C19H20N2O5S/c1-25-17-9-8-13(21(23)24)11-16(17)20-19(22)15-6-2-3-7-18(15)27-12-14-5-4-10-26-14/h2-3,6-9,11,14H,4-5,10,12H2,1H3,(H,20,22). The quantitative estimate of drug-likeness (QED) is 0.436. The molecule has 27 heavy (non-hydrogen) atoms. The molecule has 1 atom stereocenters. The molecule has 1 heterocycles. The molecule has 1 aliphatic rings. The van der Waals surface area contributed by atoms with Crippen molar-refractivity contribution < 1.29 is 19.2 Å². The monoisotopic (exact) mass is 388 g/mol. The van der Waals surface area contributed by atoms with Gasteiger partial charge in [-0.3, -0.25) is 14.9 Å². The van der Waals surface area contributed by atoms with Crippen LogP contribution in [0.25, 0.3) is 0 Å².